The van der Waals surface area contributed by atoms with E-state index in [9.17, 15) is 24.9 Å². The Hall–Kier alpha value is -1.28. The Bertz CT molecular complexity index is 502. The van der Waals surface area contributed by atoms with E-state index in [-0.39, 0.29) is 12.8 Å². The lowest BCUT2D eigenvalue weighted by molar-refractivity contribution is -0.216. The molecule has 0 aliphatic carbocycles. The molecule has 0 aliphatic rings. The molecule has 7 heteroatoms. The molecule has 182 valence electrons. The summed E-state index contributed by atoms with van der Waals surface area (Å²) in [4.78, 5) is 23.7. The number of rotatable bonds is 19. The minimum absolute atomic E-state index is 0.104. The number of esters is 2. The van der Waals surface area contributed by atoms with E-state index in [4.69, 9.17) is 5.11 Å². The van der Waals surface area contributed by atoms with Crippen LogP contribution in [-0.4, -0.2) is 50.9 Å². The number of aliphatic hydroxyl groups excluding tert-OH is 2. The van der Waals surface area contributed by atoms with Crippen molar-refractivity contribution < 1.29 is 34.8 Å². The number of carbonyl (C=O) groups is 2. The summed E-state index contributed by atoms with van der Waals surface area (Å²) in [6.45, 7) is 2.87. The summed E-state index contributed by atoms with van der Waals surface area (Å²) in [6, 6.07) is 0. The first kappa shape index (κ1) is 29.7. The van der Waals surface area contributed by atoms with Crippen molar-refractivity contribution in [2.75, 3.05) is 6.61 Å². The number of hydrogen-bond donors (Lipinski definition) is 4. The first-order valence-corrected chi connectivity index (χ1v) is 11.9. The molecule has 2 atom stereocenters. The molecule has 0 saturated carbocycles. The average Bonchev–Trinajstić information content (AvgIpc) is 2.75. The maximum absolute atomic E-state index is 12.2. The summed E-state index contributed by atoms with van der Waals surface area (Å²) < 4.78 is 4.51. The first-order chi connectivity index (χ1) is 14.8. The Morgan fingerprint density at radius 3 is 1.87 bits per heavy atom. The van der Waals surface area contributed by atoms with Crippen LogP contribution in [0.4, 0.5) is 0 Å². The fraction of sp³-hybridized carbons (Fsp3) is 0.833. The highest BCUT2D eigenvalue weighted by molar-refractivity contribution is 5.89. The second-order valence-electron chi connectivity index (χ2n) is 8.24. The summed E-state index contributed by atoms with van der Waals surface area (Å²) in [5.74, 6) is -5.97. The van der Waals surface area contributed by atoms with Crippen LogP contribution in [0.1, 0.15) is 104 Å². The molecular weight excluding hydrogens is 400 g/mol. The van der Waals surface area contributed by atoms with Gasteiger partial charge < -0.3 is 25.2 Å². The van der Waals surface area contributed by atoms with Gasteiger partial charge >= 0.3 is 11.9 Å². The van der Waals surface area contributed by atoms with Crippen molar-refractivity contribution in [1.82, 2.24) is 0 Å². The lowest BCUT2D eigenvalue weighted by atomic mass is 9.90. The largest absolute Gasteiger partial charge is 0.393 e. The minimum atomic E-state index is -2.29. The van der Waals surface area contributed by atoms with Gasteiger partial charge in [-0.15, -0.1) is 0 Å². The molecule has 0 spiro atoms. The third-order valence-electron chi connectivity index (χ3n) is 5.51. The zero-order valence-corrected chi connectivity index (χ0v) is 19.4. The van der Waals surface area contributed by atoms with Gasteiger partial charge in [0.25, 0.3) is 0 Å². The zero-order chi connectivity index (χ0) is 23.5. The van der Waals surface area contributed by atoms with Crippen molar-refractivity contribution in [3.05, 3.63) is 12.2 Å². The molecule has 0 bridgehead atoms. The highest BCUT2D eigenvalue weighted by atomic mass is 16.6. The molecule has 0 aromatic rings. The molecule has 7 nitrogen and oxygen atoms in total. The molecule has 0 saturated heterocycles. The number of carbonyl (C=O) groups excluding carboxylic acids is 2. The van der Waals surface area contributed by atoms with Gasteiger partial charge in [-0.2, -0.15) is 0 Å². The van der Waals surface area contributed by atoms with Gasteiger partial charge in [-0.25, -0.2) is 4.79 Å². The van der Waals surface area contributed by atoms with E-state index < -0.39 is 36.4 Å². The SMILES string of the molecule is CCCCCCCC/C=C\CCCCCCC(C(=O)OC(=O)C(O)CO)C(O)(O)CC. The number of allylic oxidation sites excluding steroid dienone is 2. The highest BCUT2D eigenvalue weighted by Crippen LogP contribution is 2.26. The summed E-state index contributed by atoms with van der Waals surface area (Å²) in [5, 5.41) is 38.1. The molecule has 0 aromatic carbocycles. The van der Waals surface area contributed by atoms with Crippen molar-refractivity contribution in [2.24, 2.45) is 5.92 Å². The molecule has 0 rings (SSSR count). The third kappa shape index (κ3) is 14.4. The van der Waals surface area contributed by atoms with Crippen molar-refractivity contribution in [2.45, 2.75) is 116 Å². The Labute approximate surface area is 187 Å². The van der Waals surface area contributed by atoms with E-state index in [1.54, 1.807) is 0 Å². The second kappa shape index (κ2) is 18.3. The van der Waals surface area contributed by atoms with Gasteiger partial charge in [-0.05, 0) is 38.5 Å². The van der Waals surface area contributed by atoms with Gasteiger partial charge in [0.15, 0.2) is 11.9 Å². The summed E-state index contributed by atoms with van der Waals surface area (Å²) >= 11 is 0. The Balaban J connectivity index is 4.09. The Morgan fingerprint density at radius 2 is 1.35 bits per heavy atom. The molecule has 0 aromatic heterocycles. The predicted molar refractivity (Wildman–Crippen MR) is 120 cm³/mol. The van der Waals surface area contributed by atoms with Crippen molar-refractivity contribution in [3.63, 3.8) is 0 Å². The lowest BCUT2D eigenvalue weighted by Crippen LogP contribution is -2.44. The van der Waals surface area contributed by atoms with E-state index in [2.05, 4.69) is 23.8 Å². The van der Waals surface area contributed by atoms with Crippen molar-refractivity contribution >= 4 is 11.9 Å². The van der Waals surface area contributed by atoms with Crippen molar-refractivity contribution in [3.8, 4) is 0 Å². The van der Waals surface area contributed by atoms with Crippen LogP contribution in [0, 0.1) is 5.92 Å². The van der Waals surface area contributed by atoms with Crippen molar-refractivity contribution in [1.29, 1.82) is 0 Å². The quantitative estimate of drug-likeness (QED) is 0.0786. The van der Waals surface area contributed by atoms with Gasteiger partial charge in [-0.1, -0.05) is 77.4 Å². The Kier molecular flexibility index (Phi) is 17.6. The first-order valence-electron chi connectivity index (χ1n) is 11.9. The zero-order valence-electron chi connectivity index (χ0n) is 19.4. The van der Waals surface area contributed by atoms with E-state index >= 15 is 0 Å². The van der Waals surface area contributed by atoms with E-state index in [1.165, 1.54) is 45.4 Å². The standard InChI is InChI=1S/C24H44O7/c1-3-5-6-7-8-9-10-11-12-13-14-15-16-17-18-20(24(29,30)4-2)22(27)31-23(28)21(26)19-25/h11-12,20-21,25-26,29-30H,3-10,13-19H2,1-2H3/b12-11-. The monoisotopic (exact) mass is 444 g/mol. The maximum Gasteiger partial charge on any atom is 0.345 e. The minimum Gasteiger partial charge on any atom is -0.393 e. The third-order valence-corrected chi connectivity index (χ3v) is 5.51. The van der Waals surface area contributed by atoms with Crippen LogP contribution in [-0.2, 0) is 14.3 Å². The van der Waals surface area contributed by atoms with E-state index in [0.29, 0.717) is 6.42 Å². The molecule has 0 amide bonds. The number of ether oxygens (including phenoxy) is 1. The molecule has 0 aliphatic heterocycles. The molecule has 0 fully saturated rings. The van der Waals surface area contributed by atoms with Gasteiger partial charge in [0.05, 0.1) is 6.61 Å². The maximum atomic E-state index is 12.2. The number of hydrogen-bond acceptors (Lipinski definition) is 7. The number of unbranched alkanes of at least 4 members (excludes halogenated alkanes) is 10. The molecular formula is C24H44O7. The highest BCUT2D eigenvalue weighted by Gasteiger charge is 2.40. The summed E-state index contributed by atoms with van der Waals surface area (Å²) in [7, 11) is 0. The fourth-order valence-electron chi connectivity index (χ4n) is 3.34. The van der Waals surface area contributed by atoms with Crippen LogP contribution in [0.15, 0.2) is 12.2 Å². The molecule has 31 heavy (non-hydrogen) atoms. The Morgan fingerprint density at radius 1 is 0.839 bits per heavy atom. The molecule has 0 radical (unpaired) electrons. The average molecular weight is 445 g/mol. The molecule has 2 unspecified atom stereocenters. The second-order valence-corrected chi connectivity index (χ2v) is 8.24. The summed E-state index contributed by atoms with van der Waals surface area (Å²) in [6.07, 6.45) is 16.0. The topological polar surface area (TPSA) is 124 Å². The normalized spacial score (nSPS) is 14.0. The van der Waals surface area contributed by atoms with E-state index in [1.807, 2.05) is 0 Å². The molecule has 0 heterocycles. The van der Waals surface area contributed by atoms with Crippen LogP contribution in [0.5, 0.6) is 0 Å². The summed E-state index contributed by atoms with van der Waals surface area (Å²) in [5.41, 5.74) is 0. The van der Waals surface area contributed by atoms with Gasteiger partial charge in [0.1, 0.15) is 5.92 Å². The smallest absolute Gasteiger partial charge is 0.345 e. The van der Waals surface area contributed by atoms with Crippen LogP contribution in [0.25, 0.3) is 0 Å². The van der Waals surface area contributed by atoms with Crippen LogP contribution in [0.3, 0.4) is 0 Å². The van der Waals surface area contributed by atoms with E-state index in [0.717, 1.165) is 32.1 Å². The van der Waals surface area contributed by atoms with Gasteiger partial charge in [0.2, 0.25) is 0 Å². The fourth-order valence-corrected chi connectivity index (χ4v) is 3.34. The molecule has 4 N–H and O–H groups in total. The van der Waals surface area contributed by atoms with Crippen LogP contribution in [0.2, 0.25) is 0 Å². The predicted octanol–water partition coefficient (Wildman–Crippen LogP) is 3.76. The number of aliphatic hydroxyl groups is 4. The van der Waals surface area contributed by atoms with Crippen LogP contribution >= 0.6 is 0 Å². The lowest BCUT2D eigenvalue weighted by Gasteiger charge is -2.28. The van der Waals surface area contributed by atoms with Gasteiger partial charge in [-0.3, -0.25) is 4.79 Å². The van der Waals surface area contributed by atoms with Gasteiger partial charge in [0, 0.05) is 0 Å². The van der Waals surface area contributed by atoms with Crippen LogP contribution < -0.4 is 0 Å².